The van der Waals surface area contributed by atoms with E-state index in [0.29, 0.717) is 17.5 Å². The quantitative estimate of drug-likeness (QED) is 0.185. The molecular formula is C46H28N4O. The van der Waals surface area contributed by atoms with Crippen LogP contribution in [0.25, 0.3) is 100 Å². The van der Waals surface area contributed by atoms with Crippen LogP contribution in [0.1, 0.15) is 0 Å². The Bertz CT molecular complexity index is 2910. The van der Waals surface area contributed by atoms with Gasteiger partial charge in [0.1, 0.15) is 11.1 Å². The van der Waals surface area contributed by atoms with Crippen molar-refractivity contribution in [2.75, 3.05) is 0 Å². The van der Waals surface area contributed by atoms with Crippen molar-refractivity contribution in [2.24, 2.45) is 0 Å². The smallest absolute Gasteiger partial charge is 0.164 e. The molecule has 5 heteroatoms. The molecule has 0 unspecified atom stereocenters. The van der Waals surface area contributed by atoms with Gasteiger partial charge in [-0.1, -0.05) is 133 Å². The first-order chi connectivity index (χ1) is 25.3. The Hall–Kier alpha value is -6.98. The van der Waals surface area contributed by atoms with Crippen LogP contribution in [0.3, 0.4) is 0 Å². The van der Waals surface area contributed by atoms with Crippen LogP contribution in [-0.4, -0.2) is 19.9 Å². The zero-order valence-electron chi connectivity index (χ0n) is 27.4. The van der Waals surface area contributed by atoms with Crippen LogP contribution in [0, 0.1) is 0 Å². The van der Waals surface area contributed by atoms with Crippen LogP contribution in [-0.2, 0) is 0 Å². The second kappa shape index (κ2) is 11.9. The molecule has 3 aromatic heterocycles. The van der Waals surface area contributed by atoms with Gasteiger partial charge in [-0.05, 0) is 74.1 Å². The average molecular weight is 653 g/mol. The molecule has 0 N–H and O–H groups in total. The largest absolute Gasteiger partial charge is 0.454 e. The van der Waals surface area contributed by atoms with E-state index in [0.717, 1.165) is 77.2 Å². The minimum atomic E-state index is 0.638. The Morgan fingerprint density at radius 2 is 1.00 bits per heavy atom. The Morgan fingerprint density at radius 1 is 0.373 bits per heavy atom. The van der Waals surface area contributed by atoms with E-state index in [1.54, 1.807) is 0 Å². The molecular weight excluding hydrogens is 625 g/mol. The Kier molecular flexibility index (Phi) is 6.74. The molecule has 0 spiro atoms. The lowest BCUT2D eigenvalue weighted by Gasteiger charge is -2.14. The zero-order valence-corrected chi connectivity index (χ0v) is 27.4. The maximum atomic E-state index is 6.11. The number of aromatic nitrogens is 4. The average Bonchev–Trinajstić information content (AvgIpc) is 3.60. The van der Waals surface area contributed by atoms with Gasteiger partial charge in [-0.2, -0.15) is 0 Å². The van der Waals surface area contributed by atoms with Crippen LogP contribution in [0.15, 0.2) is 174 Å². The molecule has 0 aliphatic rings. The molecule has 10 rings (SSSR count). The van der Waals surface area contributed by atoms with Gasteiger partial charge in [-0.3, -0.25) is 4.98 Å². The molecule has 0 atom stereocenters. The van der Waals surface area contributed by atoms with E-state index >= 15 is 0 Å². The number of fused-ring (bicyclic) bond motifs is 5. The SMILES string of the molecule is c1ccc(-c2nc(-c3ccc4ccccc4c3)nc(-c3ccc(-c4ccc(-c5cccc6oc7cccnc7c56)cc4)c4ccccc34)n2)cc1. The molecule has 0 saturated carbocycles. The summed E-state index contributed by atoms with van der Waals surface area (Å²) in [7, 11) is 0. The molecule has 0 amide bonds. The van der Waals surface area contributed by atoms with Crippen molar-refractivity contribution in [2.45, 2.75) is 0 Å². The van der Waals surface area contributed by atoms with E-state index in [4.69, 9.17) is 19.4 Å². The molecule has 51 heavy (non-hydrogen) atoms. The fraction of sp³-hybridized carbons (Fsp3) is 0. The van der Waals surface area contributed by atoms with Gasteiger partial charge in [0.25, 0.3) is 0 Å². The summed E-state index contributed by atoms with van der Waals surface area (Å²) in [6.45, 7) is 0. The summed E-state index contributed by atoms with van der Waals surface area (Å²) < 4.78 is 6.11. The maximum Gasteiger partial charge on any atom is 0.164 e. The minimum Gasteiger partial charge on any atom is -0.454 e. The highest BCUT2D eigenvalue weighted by atomic mass is 16.3. The van der Waals surface area contributed by atoms with Gasteiger partial charge < -0.3 is 4.42 Å². The second-order valence-electron chi connectivity index (χ2n) is 12.6. The van der Waals surface area contributed by atoms with Crippen LogP contribution in [0.4, 0.5) is 0 Å². The molecule has 5 nitrogen and oxygen atoms in total. The van der Waals surface area contributed by atoms with Gasteiger partial charge in [0.15, 0.2) is 23.1 Å². The molecule has 0 saturated heterocycles. The normalized spacial score (nSPS) is 11.5. The number of rotatable bonds is 5. The molecule has 3 heterocycles. The van der Waals surface area contributed by atoms with Crippen molar-refractivity contribution < 1.29 is 4.42 Å². The van der Waals surface area contributed by atoms with Gasteiger partial charge in [0, 0.05) is 22.9 Å². The highest BCUT2D eigenvalue weighted by Gasteiger charge is 2.17. The summed E-state index contributed by atoms with van der Waals surface area (Å²) in [5.41, 5.74) is 9.84. The summed E-state index contributed by atoms with van der Waals surface area (Å²) in [4.78, 5) is 19.8. The van der Waals surface area contributed by atoms with Crippen molar-refractivity contribution in [3.8, 4) is 56.4 Å². The molecule has 0 radical (unpaired) electrons. The third kappa shape index (κ3) is 5.03. The third-order valence-electron chi connectivity index (χ3n) is 9.60. The first-order valence-corrected chi connectivity index (χ1v) is 17.0. The van der Waals surface area contributed by atoms with Gasteiger partial charge in [0.05, 0.1) is 5.39 Å². The lowest BCUT2D eigenvalue weighted by molar-refractivity contribution is 0.668. The molecule has 7 aromatic carbocycles. The van der Waals surface area contributed by atoms with E-state index in [1.807, 2.05) is 60.8 Å². The van der Waals surface area contributed by atoms with Crippen LogP contribution in [0.2, 0.25) is 0 Å². The Balaban J connectivity index is 1.09. The topological polar surface area (TPSA) is 64.7 Å². The predicted octanol–water partition coefficient (Wildman–Crippen LogP) is 11.8. The zero-order chi connectivity index (χ0) is 33.7. The summed E-state index contributed by atoms with van der Waals surface area (Å²) in [6.07, 6.45) is 1.82. The lowest BCUT2D eigenvalue weighted by atomic mass is 9.93. The van der Waals surface area contributed by atoms with Crippen molar-refractivity contribution in [3.05, 3.63) is 170 Å². The van der Waals surface area contributed by atoms with Crippen molar-refractivity contribution in [1.82, 2.24) is 19.9 Å². The van der Waals surface area contributed by atoms with Gasteiger partial charge in [-0.25, -0.2) is 15.0 Å². The molecule has 10 aromatic rings. The van der Waals surface area contributed by atoms with E-state index in [1.165, 1.54) is 5.39 Å². The predicted molar refractivity (Wildman–Crippen MR) is 207 cm³/mol. The summed E-state index contributed by atoms with van der Waals surface area (Å²) >= 11 is 0. The molecule has 0 bridgehead atoms. The number of nitrogens with zero attached hydrogens (tertiary/aromatic N) is 4. The van der Waals surface area contributed by atoms with Gasteiger partial charge in [-0.15, -0.1) is 0 Å². The first kappa shape index (κ1) is 29.0. The number of pyridine rings is 1. The highest BCUT2D eigenvalue weighted by Crippen LogP contribution is 2.39. The Morgan fingerprint density at radius 3 is 1.82 bits per heavy atom. The van der Waals surface area contributed by atoms with Crippen LogP contribution >= 0.6 is 0 Å². The molecule has 0 aliphatic carbocycles. The fourth-order valence-electron chi connectivity index (χ4n) is 7.13. The molecule has 238 valence electrons. The maximum absolute atomic E-state index is 6.11. The highest BCUT2D eigenvalue weighted by molar-refractivity contribution is 6.11. The van der Waals surface area contributed by atoms with Crippen LogP contribution in [0.5, 0.6) is 0 Å². The number of benzene rings is 7. The summed E-state index contributed by atoms with van der Waals surface area (Å²) in [6, 6.07) is 56.5. The summed E-state index contributed by atoms with van der Waals surface area (Å²) in [5.74, 6) is 1.92. The van der Waals surface area contributed by atoms with Gasteiger partial charge >= 0.3 is 0 Å². The van der Waals surface area contributed by atoms with Crippen LogP contribution < -0.4 is 0 Å². The van der Waals surface area contributed by atoms with Crippen molar-refractivity contribution in [3.63, 3.8) is 0 Å². The van der Waals surface area contributed by atoms with E-state index in [9.17, 15) is 0 Å². The van der Waals surface area contributed by atoms with Crippen molar-refractivity contribution >= 4 is 43.6 Å². The van der Waals surface area contributed by atoms with E-state index < -0.39 is 0 Å². The molecule has 0 fully saturated rings. The standard InChI is InChI=1S/C46H28N4O/c1-2-11-32(12-3-1)44-48-45(34-24-19-29-10-4-5-13-33(29)28-34)50-46(49-44)39-26-25-35(37-14-6-7-15-38(37)39)30-20-22-31(23-21-30)36-16-8-17-40-42(36)43-41(51-40)18-9-27-47-43/h1-28H. The monoisotopic (exact) mass is 652 g/mol. The van der Waals surface area contributed by atoms with Crippen molar-refractivity contribution in [1.29, 1.82) is 0 Å². The third-order valence-corrected chi connectivity index (χ3v) is 9.60. The Labute approximate surface area is 293 Å². The number of furan rings is 1. The number of hydrogen-bond acceptors (Lipinski definition) is 5. The second-order valence-corrected chi connectivity index (χ2v) is 12.6. The fourth-order valence-corrected chi connectivity index (χ4v) is 7.13. The van der Waals surface area contributed by atoms with E-state index in [2.05, 4.69) is 114 Å². The van der Waals surface area contributed by atoms with E-state index in [-0.39, 0.29) is 0 Å². The first-order valence-electron chi connectivity index (χ1n) is 17.0. The molecule has 0 aliphatic heterocycles. The summed E-state index contributed by atoms with van der Waals surface area (Å²) in [5, 5.41) is 5.56. The van der Waals surface area contributed by atoms with Gasteiger partial charge in [0.2, 0.25) is 0 Å². The minimum absolute atomic E-state index is 0.638. The lowest BCUT2D eigenvalue weighted by Crippen LogP contribution is -2.00. The number of hydrogen-bond donors (Lipinski definition) is 0.